The lowest BCUT2D eigenvalue weighted by Gasteiger charge is -2.13. The standard InChI is InChI=1S/C19H23N5O4S/c1-11-8-12(2)24(23-11)7-6-16-21-22-19(29-16)20-18(25)13-9-14(26-3)17(28-5)15(10-13)27-4/h8-10H,6-7H2,1-5H3,(H,20,22,25). The minimum absolute atomic E-state index is 0.342. The monoisotopic (exact) mass is 417 g/mol. The number of amides is 1. The molecule has 3 rings (SSSR count). The molecule has 0 saturated carbocycles. The Morgan fingerprint density at radius 2 is 1.76 bits per heavy atom. The molecule has 0 aliphatic rings. The first-order chi connectivity index (χ1) is 13.9. The Morgan fingerprint density at radius 3 is 2.31 bits per heavy atom. The molecular weight excluding hydrogens is 394 g/mol. The summed E-state index contributed by atoms with van der Waals surface area (Å²) >= 11 is 1.33. The van der Waals surface area contributed by atoms with Crippen molar-refractivity contribution in [1.29, 1.82) is 0 Å². The molecule has 9 nitrogen and oxygen atoms in total. The minimum atomic E-state index is -0.342. The quantitative estimate of drug-likeness (QED) is 0.601. The molecular formula is C19H23N5O4S. The third-order valence-electron chi connectivity index (χ3n) is 4.26. The highest BCUT2D eigenvalue weighted by molar-refractivity contribution is 7.15. The van der Waals surface area contributed by atoms with Gasteiger partial charge in [-0.05, 0) is 32.0 Å². The van der Waals surface area contributed by atoms with Gasteiger partial charge < -0.3 is 14.2 Å². The largest absolute Gasteiger partial charge is 0.493 e. The van der Waals surface area contributed by atoms with Gasteiger partial charge in [0.25, 0.3) is 5.91 Å². The molecule has 2 aromatic heterocycles. The van der Waals surface area contributed by atoms with E-state index in [9.17, 15) is 4.79 Å². The van der Waals surface area contributed by atoms with E-state index in [1.165, 1.54) is 32.7 Å². The summed E-state index contributed by atoms with van der Waals surface area (Å²) in [4.78, 5) is 12.6. The van der Waals surface area contributed by atoms with E-state index >= 15 is 0 Å². The molecule has 1 amide bonds. The summed E-state index contributed by atoms with van der Waals surface area (Å²) < 4.78 is 17.8. The van der Waals surface area contributed by atoms with Crippen molar-refractivity contribution in [3.63, 3.8) is 0 Å². The van der Waals surface area contributed by atoms with Crippen LogP contribution in [-0.4, -0.2) is 47.2 Å². The Morgan fingerprint density at radius 1 is 1.07 bits per heavy atom. The number of hydrogen-bond acceptors (Lipinski definition) is 8. The van der Waals surface area contributed by atoms with Crippen molar-refractivity contribution < 1.29 is 19.0 Å². The van der Waals surface area contributed by atoms with Crippen LogP contribution in [0.3, 0.4) is 0 Å². The molecule has 3 aromatic rings. The van der Waals surface area contributed by atoms with Crippen LogP contribution in [0.4, 0.5) is 5.13 Å². The topological polar surface area (TPSA) is 100 Å². The highest BCUT2D eigenvalue weighted by Gasteiger charge is 2.18. The van der Waals surface area contributed by atoms with Crippen molar-refractivity contribution >= 4 is 22.4 Å². The summed E-state index contributed by atoms with van der Waals surface area (Å²) in [6.45, 7) is 4.68. The maximum atomic E-state index is 12.6. The van der Waals surface area contributed by atoms with Crippen LogP contribution in [-0.2, 0) is 13.0 Å². The van der Waals surface area contributed by atoms with E-state index in [1.54, 1.807) is 12.1 Å². The predicted octanol–water partition coefficient (Wildman–Crippen LogP) is 2.87. The molecule has 0 bridgehead atoms. The number of carbonyl (C=O) groups excluding carboxylic acids is 1. The second-order valence-electron chi connectivity index (χ2n) is 6.27. The summed E-state index contributed by atoms with van der Waals surface area (Å²) in [5.74, 6) is 0.888. The first-order valence-electron chi connectivity index (χ1n) is 8.90. The molecule has 0 fully saturated rings. The SMILES string of the molecule is COc1cc(C(=O)Nc2nnc(CCn3nc(C)cc3C)s2)cc(OC)c1OC. The van der Waals surface area contributed by atoms with E-state index in [4.69, 9.17) is 14.2 Å². The Balaban J connectivity index is 1.69. The van der Waals surface area contributed by atoms with Crippen LogP contribution < -0.4 is 19.5 Å². The van der Waals surface area contributed by atoms with Gasteiger partial charge in [0, 0.05) is 24.2 Å². The van der Waals surface area contributed by atoms with Gasteiger partial charge in [-0.3, -0.25) is 14.8 Å². The smallest absolute Gasteiger partial charge is 0.257 e. The zero-order valence-electron chi connectivity index (χ0n) is 17.0. The highest BCUT2D eigenvalue weighted by Crippen LogP contribution is 2.38. The van der Waals surface area contributed by atoms with E-state index in [1.807, 2.05) is 24.6 Å². The number of nitrogens with one attached hydrogen (secondary N) is 1. The number of aromatic nitrogens is 4. The van der Waals surface area contributed by atoms with E-state index in [2.05, 4.69) is 20.6 Å². The molecule has 10 heteroatoms. The number of methoxy groups -OCH3 is 3. The molecule has 1 aromatic carbocycles. The fourth-order valence-corrected chi connectivity index (χ4v) is 3.61. The second-order valence-corrected chi connectivity index (χ2v) is 7.33. The highest BCUT2D eigenvalue weighted by atomic mass is 32.1. The first-order valence-corrected chi connectivity index (χ1v) is 9.71. The van der Waals surface area contributed by atoms with Crippen LogP contribution in [0.15, 0.2) is 18.2 Å². The third-order valence-corrected chi connectivity index (χ3v) is 5.15. The lowest BCUT2D eigenvalue weighted by molar-refractivity contribution is 0.102. The molecule has 0 spiro atoms. The second kappa shape index (κ2) is 8.91. The molecule has 0 radical (unpaired) electrons. The van der Waals surface area contributed by atoms with Crippen LogP contribution in [0.5, 0.6) is 17.2 Å². The van der Waals surface area contributed by atoms with Gasteiger partial charge in [-0.15, -0.1) is 10.2 Å². The number of benzene rings is 1. The molecule has 0 unspecified atom stereocenters. The van der Waals surface area contributed by atoms with Crippen LogP contribution in [0.2, 0.25) is 0 Å². The van der Waals surface area contributed by atoms with E-state index in [-0.39, 0.29) is 5.91 Å². The van der Waals surface area contributed by atoms with Gasteiger partial charge in [0.05, 0.1) is 27.0 Å². The average molecular weight is 417 g/mol. The van der Waals surface area contributed by atoms with Crippen molar-refractivity contribution in [1.82, 2.24) is 20.0 Å². The Labute approximate surface area is 172 Å². The minimum Gasteiger partial charge on any atom is -0.493 e. The molecule has 0 aliphatic carbocycles. The van der Waals surface area contributed by atoms with Crippen LogP contribution in [0.1, 0.15) is 26.8 Å². The van der Waals surface area contributed by atoms with Gasteiger partial charge in [0.1, 0.15) is 5.01 Å². The lowest BCUT2D eigenvalue weighted by Crippen LogP contribution is -2.12. The first kappa shape index (κ1) is 20.6. The molecule has 29 heavy (non-hydrogen) atoms. The number of hydrogen-bond donors (Lipinski definition) is 1. The molecule has 0 aliphatic heterocycles. The van der Waals surface area contributed by atoms with Crippen molar-refractivity contribution in [3.8, 4) is 17.2 Å². The normalized spacial score (nSPS) is 10.7. The van der Waals surface area contributed by atoms with Crippen molar-refractivity contribution in [3.05, 3.63) is 40.2 Å². The van der Waals surface area contributed by atoms with Gasteiger partial charge in [0.15, 0.2) is 11.5 Å². The Kier molecular flexibility index (Phi) is 6.32. The fourth-order valence-electron chi connectivity index (χ4n) is 2.89. The summed E-state index contributed by atoms with van der Waals surface area (Å²) in [5.41, 5.74) is 2.44. The van der Waals surface area contributed by atoms with Gasteiger partial charge in [0.2, 0.25) is 10.9 Å². The van der Waals surface area contributed by atoms with E-state index < -0.39 is 0 Å². The number of rotatable bonds is 8. The van der Waals surface area contributed by atoms with E-state index in [0.29, 0.717) is 40.9 Å². The van der Waals surface area contributed by atoms with Gasteiger partial charge in [-0.2, -0.15) is 5.10 Å². The lowest BCUT2D eigenvalue weighted by atomic mass is 10.1. The molecule has 2 heterocycles. The number of carbonyl (C=O) groups is 1. The zero-order chi connectivity index (χ0) is 21.0. The Bertz CT molecular complexity index is 989. The van der Waals surface area contributed by atoms with Crippen molar-refractivity contribution in [2.75, 3.05) is 26.6 Å². The molecule has 154 valence electrons. The number of ether oxygens (including phenoxy) is 3. The maximum absolute atomic E-state index is 12.6. The molecule has 0 atom stereocenters. The molecule has 1 N–H and O–H groups in total. The van der Waals surface area contributed by atoms with Crippen LogP contribution in [0.25, 0.3) is 0 Å². The summed E-state index contributed by atoms with van der Waals surface area (Å²) in [6.07, 6.45) is 0.680. The summed E-state index contributed by atoms with van der Waals surface area (Å²) in [5, 5.41) is 16.7. The van der Waals surface area contributed by atoms with Gasteiger partial charge >= 0.3 is 0 Å². The van der Waals surface area contributed by atoms with Gasteiger partial charge in [-0.1, -0.05) is 11.3 Å². The number of anilines is 1. The van der Waals surface area contributed by atoms with Crippen molar-refractivity contribution in [2.45, 2.75) is 26.8 Å². The maximum Gasteiger partial charge on any atom is 0.257 e. The number of nitrogens with zero attached hydrogens (tertiary/aromatic N) is 4. The number of aryl methyl sites for hydroxylation is 4. The van der Waals surface area contributed by atoms with Crippen molar-refractivity contribution in [2.24, 2.45) is 0 Å². The van der Waals surface area contributed by atoms with Gasteiger partial charge in [-0.25, -0.2) is 0 Å². The summed E-state index contributed by atoms with van der Waals surface area (Å²) in [7, 11) is 4.51. The third kappa shape index (κ3) is 4.65. The van der Waals surface area contributed by atoms with Crippen LogP contribution >= 0.6 is 11.3 Å². The predicted molar refractivity (Wildman–Crippen MR) is 109 cm³/mol. The fraction of sp³-hybridized carbons (Fsp3) is 0.368. The molecule has 0 saturated heterocycles. The zero-order valence-corrected chi connectivity index (χ0v) is 17.8. The Hall–Kier alpha value is -3.14. The summed E-state index contributed by atoms with van der Waals surface area (Å²) in [6, 6.07) is 5.20. The van der Waals surface area contributed by atoms with E-state index in [0.717, 1.165) is 16.4 Å². The average Bonchev–Trinajstić information content (AvgIpc) is 3.29. The van der Waals surface area contributed by atoms with Crippen LogP contribution in [0, 0.1) is 13.8 Å².